The first-order chi connectivity index (χ1) is 7.29. The van der Waals surface area contributed by atoms with Crippen LogP contribution in [0.2, 0.25) is 0 Å². The van der Waals surface area contributed by atoms with Crippen LogP contribution in [0.15, 0.2) is 24.3 Å². The number of nitrogens with two attached hydrogens (primary N) is 1. The number of esters is 1. The Morgan fingerprint density at radius 3 is 2.25 bits per heavy atom. The van der Waals surface area contributed by atoms with E-state index in [1.54, 1.807) is 12.1 Å². The fourth-order valence-corrected chi connectivity index (χ4v) is 1.23. The van der Waals surface area contributed by atoms with Gasteiger partial charge < -0.3 is 10.5 Å². The zero-order valence-electron chi connectivity index (χ0n) is 9.99. The number of rotatable bonds is 2. The van der Waals surface area contributed by atoms with Crippen molar-refractivity contribution in [3.05, 3.63) is 42.3 Å². The Morgan fingerprint density at radius 2 is 1.81 bits per heavy atom. The molecule has 0 fully saturated rings. The molecule has 0 spiro atoms. The number of carbonyl (C=O) groups excluding carboxylic acids is 1. The van der Waals surface area contributed by atoms with E-state index in [2.05, 4.69) is 6.92 Å². The van der Waals surface area contributed by atoms with Crippen molar-refractivity contribution in [2.24, 2.45) is 5.73 Å². The average molecular weight is 220 g/mol. The van der Waals surface area contributed by atoms with E-state index >= 15 is 0 Å². The summed E-state index contributed by atoms with van der Waals surface area (Å²) < 4.78 is 5.20. The molecule has 3 nitrogen and oxygen atoms in total. The van der Waals surface area contributed by atoms with Gasteiger partial charge in [-0.15, -0.1) is 0 Å². The number of ether oxygens (including phenoxy) is 1. The van der Waals surface area contributed by atoms with Gasteiger partial charge in [0, 0.05) is 0 Å². The Labute approximate surface area is 96.6 Å². The standard InChI is InChI=1S/C13H18NO2/c1-9-5-7-10(8-6-9)11(14)12(15)16-13(2,3)4/h5-8,11H,1,14H2,2-4H3. The second kappa shape index (κ2) is 4.66. The van der Waals surface area contributed by atoms with Crippen molar-refractivity contribution in [2.45, 2.75) is 32.4 Å². The third-order valence-corrected chi connectivity index (χ3v) is 2.00. The van der Waals surface area contributed by atoms with Crippen LogP contribution in [0, 0.1) is 6.92 Å². The number of carbonyl (C=O) groups is 1. The molecule has 0 amide bonds. The van der Waals surface area contributed by atoms with Crippen molar-refractivity contribution < 1.29 is 9.53 Å². The van der Waals surface area contributed by atoms with E-state index in [0.29, 0.717) is 0 Å². The maximum atomic E-state index is 11.7. The summed E-state index contributed by atoms with van der Waals surface area (Å²) in [6, 6.07) is 6.48. The molecule has 1 atom stereocenters. The van der Waals surface area contributed by atoms with E-state index in [9.17, 15) is 4.79 Å². The summed E-state index contributed by atoms with van der Waals surface area (Å²) in [6.45, 7) is 9.22. The lowest BCUT2D eigenvalue weighted by Gasteiger charge is -2.22. The summed E-state index contributed by atoms with van der Waals surface area (Å²) in [5.74, 6) is -0.413. The van der Waals surface area contributed by atoms with Gasteiger partial charge in [-0.3, -0.25) is 0 Å². The summed E-state index contributed by atoms with van der Waals surface area (Å²) in [7, 11) is 0. The highest BCUT2D eigenvalue weighted by Gasteiger charge is 2.23. The second-order valence-electron chi connectivity index (χ2n) is 4.75. The van der Waals surface area contributed by atoms with E-state index in [0.717, 1.165) is 11.1 Å². The Morgan fingerprint density at radius 1 is 1.31 bits per heavy atom. The van der Waals surface area contributed by atoms with Gasteiger partial charge in [0.15, 0.2) is 0 Å². The Hall–Kier alpha value is -1.35. The molecule has 87 valence electrons. The summed E-state index contributed by atoms with van der Waals surface area (Å²) in [4.78, 5) is 11.7. The highest BCUT2D eigenvalue weighted by molar-refractivity contribution is 5.77. The minimum atomic E-state index is -0.736. The third kappa shape index (κ3) is 3.66. The summed E-state index contributed by atoms with van der Waals surface area (Å²) in [6.07, 6.45) is 0. The van der Waals surface area contributed by atoms with Gasteiger partial charge in [-0.2, -0.15) is 0 Å². The molecule has 0 saturated heterocycles. The molecule has 1 aromatic carbocycles. The van der Waals surface area contributed by atoms with E-state index in [4.69, 9.17) is 10.5 Å². The molecular weight excluding hydrogens is 202 g/mol. The van der Waals surface area contributed by atoms with Gasteiger partial charge in [-0.1, -0.05) is 24.3 Å². The maximum Gasteiger partial charge on any atom is 0.328 e. The highest BCUT2D eigenvalue weighted by Crippen LogP contribution is 2.16. The topological polar surface area (TPSA) is 52.3 Å². The Bertz CT molecular complexity index is 363. The monoisotopic (exact) mass is 220 g/mol. The molecule has 0 aliphatic heterocycles. The lowest BCUT2D eigenvalue weighted by molar-refractivity contribution is -0.156. The molecule has 2 N–H and O–H groups in total. The van der Waals surface area contributed by atoms with Gasteiger partial charge in [0.25, 0.3) is 0 Å². The van der Waals surface area contributed by atoms with Gasteiger partial charge >= 0.3 is 5.97 Å². The van der Waals surface area contributed by atoms with E-state index in [1.807, 2.05) is 32.9 Å². The van der Waals surface area contributed by atoms with Crippen LogP contribution in [0.1, 0.15) is 37.9 Å². The Balaban J connectivity index is 2.74. The van der Waals surface area contributed by atoms with Gasteiger partial charge in [0.2, 0.25) is 0 Å². The fourth-order valence-electron chi connectivity index (χ4n) is 1.23. The number of benzene rings is 1. The van der Waals surface area contributed by atoms with Crippen molar-refractivity contribution >= 4 is 5.97 Å². The smallest absolute Gasteiger partial charge is 0.328 e. The van der Waals surface area contributed by atoms with Crippen molar-refractivity contribution in [3.63, 3.8) is 0 Å². The van der Waals surface area contributed by atoms with E-state index < -0.39 is 17.6 Å². The minimum Gasteiger partial charge on any atom is -0.459 e. The maximum absolute atomic E-state index is 11.7. The molecule has 3 heteroatoms. The lowest BCUT2D eigenvalue weighted by Crippen LogP contribution is -2.31. The first kappa shape index (κ1) is 12.7. The fraction of sp³-hybridized carbons (Fsp3) is 0.385. The van der Waals surface area contributed by atoms with Crippen molar-refractivity contribution in [1.82, 2.24) is 0 Å². The van der Waals surface area contributed by atoms with Crippen LogP contribution in [0.25, 0.3) is 0 Å². The van der Waals surface area contributed by atoms with Crippen LogP contribution in [0.3, 0.4) is 0 Å². The van der Waals surface area contributed by atoms with Crippen LogP contribution < -0.4 is 5.73 Å². The van der Waals surface area contributed by atoms with Gasteiger partial charge in [0.05, 0.1) is 0 Å². The summed E-state index contributed by atoms with van der Waals surface area (Å²) in [5.41, 5.74) is 6.91. The van der Waals surface area contributed by atoms with E-state index in [-0.39, 0.29) is 0 Å². The molecule has 0 saturated carbocycles. The van der Waals surface area contributed by atoms with Gasteiger partial charge in [-0.05, 0) is 38.8 Å². The molecule has 0 heterocycles. The number of hydrogen-bond donors (Lipinski definition) is 1. The first-order valence-electron chi connectivity index (χ1n) is 5.20. The van der Waals surface area contributed by atoms with Gasteiger partial charge in [-0.25, -0.2) is 4.79 Å². The summed E-state index contributed by atoms with van der Waals surface area (Å²) >= 11 is 0. The largest absolute Gasteiger partial charge is 0.459 e. The lowest BCUT2D eigenvalue weighted by atomic mass is 10.1. The zero-order chi connectivity index (χ0) is 12.3. The van der Waals surface area contributed by atoms with Crippen molar-refractivity contribution in [1.29, 1.82) is 0 Å². The zero-order valence-corrected chi connectivity index (χ0v) is 9.99. The van der Waals surface area contributed by atoms with Crippen LogP contribution in [0.4, 0.5) is 0 Å². The predicted molar refractivity (Wildman–Crippen MR) is 63.7 cm³/mol. The summed E-state index contributed by atoms with van der Waals surface area (Å²) in [5, 5.41) is 0. The molecule has 0 bridgehead atoms. The predicted octanol–water partition coefficient (Wildman–Crippen LogP) is 2.21. The Kier molecular flexibility index (Phi) is 3.70. The van der Waals surface area contributed by atoms with Crippen LogP contribution in [-0.4, -0.2) is 11.6 Å². The van der Waals surface area contributed by atoms with Gasteiger partial charge in [0.1, 0.15) is 11.6 Å². The third-order valence-electron chi connectivity index (χ3n) is 2.00. The SMILES string of the molecule is [CH2]c1ccc(C(N)C(=O)OC(C)(C)C)cc1. The average Bonchev–Trinajstić information content (AvgIpc) is 2.15. The highest BCUT2D eigenvalue weighted by atomic mass is 16.6. The number of hydrogen-bond acceptors (Lipinski definition) is 3. The molecular formula is C13H18NO2. The first-order valence-corrected chi connectivity index (χ1v) is 5.20. The molecule has 0 aliphatic rings. The minimum absolute atomic E-state index is 0.413. The molecule has 0 aliphatic carbocycles. The van der Waals surface area contributed by atoms with Crippen LogP contribution in [0.5, 0.6) is 0 Å². The van der Waals surface area contributed by atoms with Crippen molar-refractivity contribution in [2.75, 3.05) is 0 Å². The second-order valence-corrected chi connectivity index (χ2v) is 4.75. The quantitative estimate of drug-likeness (QED) is 0.777. The molecule has 0 aromatic heterocycles. The van der Waals surface area contributed by atoms with Crippen molar-refractivity contribution in [3.8, 4) is 0 Å². The molecule has 1 radical (unpaired) electrons. The van der Waals surface area contributed by atoms with Crippen LogP contribution in [-0.2, 0) is 9.53 Å². The molecule has 16 heavy (non-hydrogen) atoms. The normalized spacial score (nSPS) is 13.3. The molecule has 1 aromatic rings. The van der Waals surface area contributed by atoms with Crippen LogP contribution >= 0.6 is 0 Å². The van der Waals surface area contributed by atoms with E-state index in [1.165, 1.54) is 0 Å². The molecule has 1 rings (SSSR count). The molecule has 1 unspecified atom stereocenters.